The summed E-state index contributed by atoms with van der Waals surface area (Å²) in [5.41, 5.74) is 1.08. The number of benzene rings is 1. The average Bonchev–Trinajstić information content (AvgIpc) is 3.25. The van der Waals surface area contributed by atoms with Gasteiger partial charge >= 0.3 is 0 Å². The Balaban J connectivity index is 1.88. The minimum Gasteiger partial charge on any atom is -0.497 e. The average molecular weight is 404 g/mol. The number of methoxy groups -OCH3 is 1. The topological polar surface area (TPSA) is 77.0 Å². The Kier molecular flexibility index (Phi) is 7.95. The largest absolute Gasteiger partial charge is 0.497 e. The van der Waals surface area contributed by atoms with Crippen LogP contribution in [-0.4, -0.2) is 43.7 Å². The standard InChI is InChI=1S/C23H33NO5/c1-3-28-23-19(9-6-14-25)20(16-10-12-18(27-2)13-11-16)15-21(29-23)22(26)24-17-7-4-5-8-17/h10-13,15,17,19-20,23,25H,3-9,14H2,1-2H3,(H,24,26)/t19-,20+,23+/m0/s1. The summed E-state index contributed by atoms with van der Waals surface area (Å²) in [6.07, 6.45) is 7.16. The lowest BCUT2D eigenvalue weighted by Gasteiger charge is -2.37. The lowest BCUT2D eigenvalue weighted by molar-refractivity contribution is -0.166. The van der Waals surface area contributed by atoms with Crippen LogP contribution in [0.5, 0.6) is 5.75 Å². The lowest BCUT2D eigenvalue weighted by atomic mass is 9.80. The van der Waals surface area contributed by atoms with Crippen molar-refractivity contribution in [2.75, 3.05) is 20.3 Å². The van der Waals surface area contributed by atoms with Crippen molar-refractivity contribution >= 4 is 5.91 Å². The zero-order valence-electron chi connectivity index (χ0n) is 17.4. The zero-order chi connectivity index (χ0) is 20.6. The first-order chi connectivity index (χ1) is 14.2. The van der Waals surface area contributed by atoms with Gasteiger partial charge in [0.1, 0.15) is 5.75 Å². The van der Waals surface area contributed by atoms with Gasteiger partial charge in [0, 0.05) is 31.1 Å². The fraction of sp³-hybridized carbons (Fsp3) is 0.609. The predicted molar refractivity (Wildman–Crippen MR) is 111 cm³/mol. The Morgan fingerprint density at radius 3 is 2.59 bits per heavy atom. The van der Waals surface area contributed by atoms with E-state index in [1.807, 2.05) is 37.3 Å². The minimum atomic E-state index is -0.520. The number of aliphatic hydroxyl groups excluding tert-OH is 1. The summed E-state index contributed by atoms with van der Waals surface area (Å²) in [4.78, 5) is 12.9. The first kappa shape index (κ1) is 21.7. The first-order valence-electron chi connectivity index (χ1n) is 10.7. The molecule has 0 radical (unpaired) electrons. The number of nitrogens with one attached hydrogen (secondary N) is 1. The molecule has 1 amide bonds. The van der Waals surface area contributed by atoms with Gasteiger partial charge in [-0.15, -0.1) is 0 Å². The van der Waals surface area contributed by atoms with E-state index in [1.165, 1.54) is 0 Å². The fourth-order valence-corrected chi connectivity index (χ4v) is 4.30. The maximum Gasteiger partial charge on any atom is 0.286 e. The van der Waals surface area contributed by atoms with Gasteiger partial charge in [-0.2, -0.15) is 0 Å². The van der Waals surface area contributed by atoms with E-state index < -0.39 is 6.29 Å². The monoisotopic (exact) mass is 403 g/mol. The summed E-state index contributed by atoms with van der Waals surface area (Å²) in [7, 11) is 1.64. The highest BCUT2D eigenvalue weighted by Crippen LogP contribution is 2.40. The maximum atomic E-state index is 12.9. The van der Waals surface area contributed by atoms with Crippen molar-refractivity contribution in [2.45, 2.75) is 63.7 Å². The van der Waals surface area contributed by atoms with Crippen LogP contribution in [-0.2, 0) is 14.3 Å². The molecule has 2 aliphatic rings. The van der Waals surface area contributed by atoms with Crippen molar-refractivity contribution in [3.8, 4) is 5.75 Å². The second kappa shape index (κ2) is 10.6. The van der Waals surface area contributed by atoms with Crippen molar-refractivity contribution in [2.24, 2.45) is 5.92 Å². The summed E-state index contributed by atoms with van der Waals surface area (Å²) in [5.74, 6) is 0.926. The molecule has 0 bridgehead atoms. The maximum absolute atomic E-state index is 12.9. The van der Waals surface area contributed by atoms with Crippen LogP contribution in [0.15, 0.2) is 36.1 Å². The van der Waals surface area contributed by atoms with E-state index in [0.717, 1.165) is 43.4 Å². The lowest BCUT2D eigenvalue weighted by Crippen LogP contribution is -2.41. The third kappa shape index (κ3) is 5.52. The molecule has 1 aromatic carbocycles. The van der Waals surface area contributed by atoms with Crippen molar-refractivity contribution in [1.29, 1.82) is 0 Å². The van der Waals surface area contributed by atoms with Gasteiger partial charge in [0.05, 0.1) is 7.11 Å². The number of aliphatic hydroxyl groups is 1. The van der Waals surface area contributed by atoms with Gasteiger partial charge < -0.3 is 24.6 Å². The quantitative estimate of drug-likeness (QED) is 0.660. The van der Waals surface area contributed by atoms with Crippen molar-refractivity contribution < 1.29 is 24.1 Å². The van der Waals surface area contributed by atoms with Crippen LogP contribution >= 0.6 is 0 Å². The summed E-state index contributed by atoms with van der Waals surface area (Å²) >= 11 is 0. The molecule has 1 heterocycles. The van der Waals surface area contributed by atoms with E-state index in [-0.39, 0.29) is 30.4 Å². The van der Waals surface area contributed by atoms with E-state index >= 15 is 0 Å². The number of rotatable bonds is 9. The summed E-state index contributed by atoms with van der Waals surface area (Å²) in [6, 6.07) is 8.12. The molecule has 29 heavy (non-hydrogen) atoms. The molecule has 0 aromatic heterocycles. The molecule has 2 N–H and O–H groups in total. The SMILES string of the molecule is CCO[C@@H]1OC(C(=O)NC2CCCC2)=C[C@H](c2ccc(OC)cc2)[C@@H]1CCCO. The molecular formula is C23H33NO5. The van der Waals surface area contributed by atoms with Gasteiger partial charge in [-0.1, -0.05) is 25.0 Å². The van der Waals surface area contributed by atoms with Crippen LogP contribution in [0.3, 0.4) is 0 Å². The van der Waals surface area contributed by atoms with Gasteiger partial charge in [-0.3, -0.25) is 4.79 Å². The molecule has 3 atom stereocenters. The fourth-order valence-electron chi connectivity index (χ4n) is 4.30. The van der Waals surface area contributed by atoms with Crippen LogP contribution in [0.25, 0.3) is 0 Å². The van der Waals surface area contributed by atoms with Crippen molar-refractivity contribution in [3.63, 3.8) is 0 Å². The normalized spacial score (nSPS) is 24.7. The second-order valence-electron chi connectivity index (χ2n) is 7.76. The van der Waals surface area contributed by atoms with Crippen LogP contribution in [0.4, 0.5) is 0 Å². The molecule has 0 spiro atoms. The van der Waals surface area contributed by atoms with Gasteiger partial charge in [-0.05, 0) is 56.4 Å². The highest BCUT2D eigenvalue weighted by Gasteiger charge is 2.38. The summed E-state index contributed by atoms with van der Waals surface area (Å²) in [6.45, 7) is 2.53. The van der Waals surface area contributed by atoms with Gasteiger partial charge in [-0.25, -0.2) is 0 Å². The van der Waals surface area contributed by atoms with E-state index in [4.69, 9.17) is 14.2 Å². The van der Waals surface area contributed by atoms with Gasteiger partial charge in [0.15, 0.2) is 5.76 Å². The predicted octanol–water partition coefficient (Wildman–Crippen LogP) is 3.50. The molecule has 6 nitrogen and oxygen atoms in total. The summed E-state index contributed by atoms with van der Waals surface area (Å²) < 4.78 is 17.2. The third-order valence-corrected chi connectivity index (χ3v) is 5.83. The number of carbonyl (C=O) groups excluding carboxylic acids is 1. The molecule has 160 valence electrons. The third-order valence-electron chi connectivity index (χ3n) is 5.83. The number of ether oxygens (including phenoxy) is 3. The van der Waals surface area contributed by atoms with Crippen LogP contribution in [0.1, 0.15) is 56.9 Å². The second-order valence-corrected chi connectivity index (χ2v) is 7.76. The number of hydrogen-bond acceptors (Lipinski definition) is 5. The zero-order valence-corrected chi connectivity index (χ0v) is 17.4. The minimum absolute atomic E-state index is 0.0125. The molecule has 3 rings (SSSR count). The van der Waals surface area contributed by atoms with E-state index in [0.29, 0.717) is 18.8 Å². The highest BCUT2D eigenvalue weighted by molar-refractivity contribution is 5.92. The molecule has 0 unspecified atom stereocenters. The molecule has 1 fully saturated rings. The number of hydrogen-bond donors (Lipinski definition) is 2. The molecule has 1 aromatic rings. The van der Waals surface area contributed by atoms with Crippen molar-refractivity contribution in [3.05, 3.63) is 41.7 Å². The van der Waals surface area contributed by atoms with Crippen LogP contribution < -0.4 is 10.1 Å². The Bertz CT molecular complexity index is 681. The van der Waals surface area contributed by atoms with E-state index in [2.05, 4.69) is 5.32 Å². The highest BCUT2D eigenvalue weighted by atomic mass is 16.7. The molecule has 1 aliphatic carbocycles. The molecule has 1 saturated carbocycles. The van der Waals surface area contributed by atoms with Crippen LogP contribution in [0.2, 0.25) is 0 Å². The number of carbonyl (C=O) groups is 1. The van der Waals surface area contributed by atoms with E-state index in [1.54, 1.807) is 7.11 Å². The Morgan fingerprint density at radius 2 is 1.97 bits per heavy atom. The Hall–Kier alpha value is -2.05. The Morgan fingerprint density at radius 1 is 1.24 bits per heavy atom. The summed E-state index contributed by atoms with van der Waals surface area (Å²) in [5, 5.41) is 12.5. The van der Waals surface area contributed by atoms with Crippen LogP contribution in [0, 0.1) is 5.92 Å². The smallest absolute Gasteiger partial charge is 0.286 e. The molecular weight excluding hydrogens is 370 g/mol. The first-order valence-corrected chi connectivity index (χ1v) is 10.7. The van der Waals surface area contributed by atoms with E-state index in [9.17, 15) is 9.90 Å². The molecule has 6 heteroatoms. The Labute approximate surface area is 173 Å². The van der Waals surface area contributed by atoms with Gasteiger partial charge in [0.25, 0.3) is 5.91 Å². The number of allylic oxidation sites excluding steroid dienone is 1. The van der Waals surface area contributed by atoms with Gasteiger partial charge in [0.2, 0.25) is 6.29 Å². The molecule has 1 aliphatic heterocycles. The van der Waals surface area contributed by atoms with Crippen molar-refractivity contribution in [1.82, 2.24) is 5.32 Å². The molecule has 0 saturated heterocycles. The number of amides is 1.